The molecule has 0 unspecified atom stereocenters. The van der Waals surface area contributed by atoms with Crippen LogP contribution in [0, 0.1) is 11.8 Å². The second kappa shape index (κ2) is 6.27. The lowest BCUT2D eigenvalue weighted by atomic mass is 10.1. The summed E-state index contributed by atoms with van der Waals surface area (Å²) < 4.78 is 44.8. The number of rotatable bonds is 4. The maximum atomic E-state index is 13.3. The molecule has 3 rings (SSSR count). The quantitative estimate of drug-likeness (QED) is 0.868. The van der Waals surface area contributed by atoms with Crippen molar-refractivity contribution in [2.45, 2.75) is 19.5 Å². The average molecular weight is 352 g/mol. The third-order valence-electron chi connectivity index (χ3n) is 4.03. The van der Waals surface area contributed by atoms with Crippen molar-refractivity contribution in [3.8, 4) is 0 Å². The fourth-order valence-electron chi connectivity index (χ4n) is 2.48. The van der Waals surface area contributed by atoms with E-state index in [1.54, 1.807) is 0 Å². The first-order valence-corrected chi connectivity index (χ1v) is 7.62. The van der Waals surface area contributed by atoms with E-state index in [9.17, 15) is 22.8 Å². The molecule has 0 saturated heterocycles. The van der Waals surface area contributed by atoms with Crippen molar-refractivity contribution in [2.24, 2.45) is 11.8 Å². The van der Waals surface area contributed by atoms with Crippen LogP contribution in [-0.2, 0) is 11.0 Å². The molecule has 1 saturated carbocycles. The number of furan rings is 1. The van der Waals surface area contributed by atoms with Crippen molar-refractivity contribution < 1.29 is 27.2 Å². The minimum absolute atomic E-state index is 0.0198. The van der Waals surface area contributed by atoms with Gasteiger partial charge in [0.1, 0.15) is 0 Å². The zero-order valence-corrected chi connectivity index (χ0v) is 13.2. The number of anilines is 2. The Labute approximate surface area is 141 Å². The van der Waals surface area contributed by atoms with E-state index in [0.29, 0.717) is 6.42 Å². The lowest BCUT2D eigenvalue weighted by Crippen LogP contribution is -2.19. The highest BCUT2D eigenvalue weighted by Gasteiger charge is 2.40. The SMILES string of the molecule is C[C@H]1C[C@@H]1C(=O)Nc1ccc(NC(=O)c2ccco2)cc1C(F)(F)F. The highest BCUT2D eigenvalue weighted by molar-refractivity contribution is 6.02. The molecule has 132 valence electrons. The van der Waals surface area contributed by atoms with Crippen LogP contribution in [-0.4, -0.2) is 11.8 Å². The Hall–Kier alpha value is -2.77. The lowest BCUT2D eigenvalue weighted by molar-refractivity contribution is -0.136. The summed E-state index contributed by atoms with van der Waals surface area (Å²) in [6.07, 6.45) is -2.72. The monoisotopic (exact) mass is 352 g/mol. The fourth-order valence-corrected chi connectivity index (χ4v) is 2.48. The van der Waals surface area contributed by atoms with E-state index in [-0.39, 0.29) is 29.0 Å². The van der Waals surface area contributed by atoms with E-state index in [4.69, 9.17) is 4.42 Å². The van der Waals surface area contributed by atoms with Gasteiger partial charge in [-0.3, -0.25) is 9.59 Å². The molecule has 2 N–H and O–H groups in total. The number of carbonyl (C=O) groups excluding carboxylic acids is 2. The molecule has 1 aliphatic rings. The predicted molar refractivity (Wildman–Crippen MR) is 84.0 cm³/mol. The summed E-state index contributed by atoms with van der Waals surface area (Å²) in [4.78, 5) is 23.8. The molecule has 2 atom stereocenters. The van der Waals surface area contributed by atoms with Crippen LogP contribution >= 0.6 is 0 Å². The molecule has 0 spiro atoms. The minimum Gasteiger partial charge on any atom is -0.459 e. The maximum absolute atomic E-state index is 13.3. The number of amides is 2. The largest absolute Gasteiger partial charge is 0.459 e. The molecule has 0 radical (unpaired) electrons. The number of nitrogens with one attached hydrogen (secondary N) is 2. The summed E-state index contributed by atoms with van der Waals surface area (Å²) in [6.45, 7) is 1.86. The Bertz CT molecular complexity index is 800. The van der Waals surface area contributed by atoms with Gasteiger partial charge in [-0.1, -0.05) is 6.92 Å². The Morgan fingerprint density at radius 1 is 1.20 bits per heavy atom. The molecule has 1 aromatic carbocycles. The number of hydrogen-bond acceptors (Lipinski definition) is 3. The van der Waals surface area contributed by atoms with Gasteiger partial charge < -0.3 is 15.1 Å². The zero-order chi connectivity index (χ0) is 18.2. The molecule has 0 bridgehead atoms. The highest BCUT2D eigenvalue weighted by atomic mass is 19.4. The fraction of sp³-hybridized carbons (Fsp3) is 0.294. The Balaban J connectivity index is 1.82. The van der Waals surface area contributed by atoms with Crippen LogP contribution in [0.5, 0.6) is 0 Å². The molecule has 1 aromatic heterocycles. The summed E-state index contributed by atoms with van der Waals surface area (Å²) in [5.74, 6) is -1.18. The van der Waals surface area contributed by atoms with Crippen molar-refractivity contribution in [3.05, 3.63) is 47.9 Å². The van der Waals surface area contributed by atoms with Gasteiger partial charge in [0.25, 0.3) is 5.91 Å². The van der Waals surface area contributed by atoms with E-state index in [1.807, 2.05) is 6.92 Å². The van der Waals surface area contributed by atoms with Gasteiger partial charge in [0.2, 0.25) is 5.91 Å². The summed E-state index contributed by atoms with van der Waals surface area (Å²) in [5.41, 5.74) is -1.40. The summed E-state index contributed by atoms with van der Waals surface area (Å²) >= 11 is 0. The molecular formula is C17H15F3N2O3. The van der Waals surface area contributed by atoms with Gasteiger partial charge in [0.15, 0.2) is 5.76 Å². The molecule has 25 heavy (non-hydrogen) atoms. The molecule has 1 aliphatic carbocycles. The molecule has 0 aliphatic heterocycles. The molecular weight excluding hydrogens is 337 g/mol. The van der Waals surface area contributed by atoms with Crippen LogP contribution in [0.2, 0.25) is 0 Å². The second-order valence-corrected chi connectivity index (χ2v) is 6.00. The average Bonchev–Trinajstić information content (AvgIpc) is 3.04. The van der Waals surface area contributed by atoms with Crippen molar-refractivity contribution in [1.82, 2.24) is 0 Å². The van der Waals surface area contributed by atoms with Crippen LogP contribution in [0.3, 0.4) is 0 Å². The number of hydrogen-bond donors (Lipinski definition) is 2. The third kappa shape index (κ3) is 3.84. The first-order valence-electron chi connectivity index (χ1n) is 7.62. The van der Waals surface area contributed by atoms with Crippen LogP contribution in [0.1, 0.15) is 29.5 Å². The van der Waals surface area contributed by atoms with Gasteiger partial charge in [0.05, 0.1) is 17.5 Å². The van der Waals surface area contributed by atoms with Gasteiger partial charge in [0, 0.05) is 11.6 Å². The van der Waals surface area contributed by atoms with Crippen LogP contribution in [0.25, 0.3) is 0 Å². The predicted octanol–water partition coefficient (Wildman–Crippen LogP) is 4.15. The van der Waals surface area contributed by atoms with E-state index in [1.165, 1.54) is 24.5 Å². The van der Waals surface area contributed by atoms with Crippen molar-refractivity contribution in [2.75, 3.05) is 10.6 Å². The van der Waals surface area contributed by atoms with Gasteiger partial charge in [-0.2, -0.15) is 13.2 Å². The number of benzene rings is 1. The van der Waals surface area contributed by atoms with E-state index >= 15 is 0 Å². The normalized spacial score (nSPS) is 19.4. The second-order valence-electron chi connectivity index (χ2n) is 6.00. The number of alkyl halides is 3. The Kier molecular flexibility index (Phi) is 4.28. The highest BCUT2D eigenvalue weighted by Crippen LogP contribution is 2.41. The van der Waals surface area contributed by atoms with Gasteiger partial charge >= 0.3 is 6.18 Å². The maximum Gasteiger partial charge on any atom is 0.418 e. The van der Waals surface area contributed by atoms with Crippen LogP contribution in [0.4, 0.5) is 24.5 Å². The first-order chi connectivity index (χ1) is 11.8. The molecule has 2 aromatic rings. The first kappa shape index (κ1) is 17.1. The molecule has 2 amide bonds. The van der Waals surface area contributed by atoms with E-state index < -0.39 is 23.6 Å². The lowest BCUT2D eigenvalue weighted by Gasteiger charge is -2.15. The van der Waals surface area contributed by atoms with Crippen LogP contribution < -0.4 is 10.6 Å². The Morgan fingerprint density at radius 3 is 2.48 bits per heavy atom. The zero-order valence-electron chi connectivity index (χ0n) is 13.2. The van der Waals surface area contributed by atoms with Gasteiger partial charge in [-0.25, -0.2) is 0 Å². The smallest absolute Gasteiger partial charge is 0.418 e. The van der Waals surface area contributed by atoms with Gasteiger partial charge in [-0.05, 0) is 42.7 Å². The minimum atomic E-state index is -4.68. The molecule has 1 heterocycles. The van der Waals surface area contributed by atoms with Crippen molar-refractivity contribution in [1.29, 1.82) is 0 Å². The standard InChI is InChI=1S/C17H15F3N2O3/c1-9-7-11(9)15(23)22-13-5-4-10(8-12(13)17(18,19)20)21-16(24)14-3-2-6-25-14/h2-6,8-9,11H,7H2,1H3,(H,21,24)(H,22,23)/t9-,11-/m0/s1. The topological polar surface area (TPSA) is 71.3 Å². The third-order valence-corrected chi connectivity index (χ3v) is 4.03. The summed E-state index contributed by atoms with van der Waals surface area (Å²) in [5, 5.41) is 4.66. The van der Waals surface area contributed by atoms with Gasteiger partial charge in [-0.15, -0.1) is 0 Å². The number of halogens is 3. The Morgan fingerprint density at radius 2 is 1.92 bits per heavy atom. The van der Waals surface area contributed by atoms with Crippen molar-refractivity contribution >= 4 is 23.2 Å². The van der Waals surface area contributed by atoms with E-state index in [2.05, 4.69) is 10.6 Å². The van der Waals surface area contributed by atoms with Crippen LogP contribution in [0.15, 0.2) is 41.0 Å². The van der Waals surface area contributed by atoms with E-state index in [0.717, 1.165) is 12.1 Å². The number of carbonyl (C=O) groups is 2. The summed E-state index contributed by atoms with van der Waals surface area (Å²) in [6, 6.07) is 6.10. The van der Waals surface area contributed by atoms with Crippen molar-refractivity contribution in [3.63, 3.8) is 0 Å². The molecule has 8 heteroatoms. The molecule has 1 fully saturated rings. The summed E-state index contributed by atoms with van der Waals surface area (Å²) in [7, 11) is 0. The molecule has 5 nitrogen and oxygen atoms in total.